The van der Waals surface area contributed by atoms with E-state index in [2.05, 4.69) is 17.2 Å². The monoisotopic (exact) mass is 382 g/mol. The zero-order valence-electron chi connectivity index (χ0n) is 15.2. The molecule has 0 aliphatic carbocycles. The Hall–Kier alpha value is -2.86. The highest BCUT2D eigenvalue weighted by Gasteiger charge is 2.09. The molecular weight excluding hydrogens is 360 g/mol. The van der Waals surface area contributed by atoms with Gasteiger partial charge in [-0.2, -0.15) is 0 Å². The number of anilines is 1. The Morgan fingerprint density at radius 1 is 1.04 bits per heavy atom. The quantitative estimate of drug-likeness (QED) is 0.529. The van der Waals surface area contributed by atoms with E-state index in [1.54, 1.807) is 0 Å². The Labute approximate surface area is 163 Å². The number of carbonyl (C=O) groups is 1. The van der Waals surface area contributed by atoms with E-state index in [0.29, 0.717) is 10.9 Å². The van der Waals surface area contributed by atoms with Crippen molar-refractivity contribution in [2.45, 2.75) is 19.8 Å². The minimum absolute atomic E-state index is 0.0529. The van der Waals surface area contributed by atoms with Crippen LogP contribution >= 0.6 is 11.3 Å². The summed E-state index contributed by atoms with van der Waals surface area (Å²) in [7, 11) is 0. The van der Waals surface area contributed by atoms with E-state index < -0.39 is 0 Å². The fourth-order valence-electron chi connectivity index (χ4n) is 2.34. The first-order valence-corrected chi connectivity index (χ1v) is 9.79. The Morgan fingerprint density at radius 3 is 2.52 bits per heavy atom. The van der Waals surface area contributed by atoms with E-state index >= 15 is 0 Å². The lowest BCUT2D eigenvalue weighted by Crippen LogP contribution is -2.19. The summed E-state index contributed by atoms with van der Waals surface area (Å²) >= 11 is 1.39. The fourth-order valence-corrected chi connectivity index (χ4v) is 3.08. The summed E-state index contributed by atoms with van der Waals surface area (Å²) < 4.78 is 11.1. The first-order valence-electron chi connectivity index (χ1n) is 8.91. The van der Waals surface area contributed by atoms with Crippen LogP contribution in [-0.2, 0) is 4.79 Å². The highest BCUT2D eigenvalue weighted by atomic mass is 32.1. The van der Waals surface area contributed by atoms with Crippen molar-refractivity contribution in [1.82, 2.24) is 4.98 Å². The molecule has 27 heavy (non-hydrogen) atoms. The SMILES string of the molecule is CCCCOc1ccc(-c2csc(NC(=O)COc3ccccc3)n2)cc1. The summed E-state index contributed by atoms with van der Waals surface area (Å²) in [5, 5.41) is 5.23. The lowest BCUT2D eigenvalue weighted by Gasteiger charge is -2.06. The van der Waals surface area contributed by atoms with Crippen LogP contribution in [0, 0.1) is 0 Å². The third-order valence-corrected chi connectivity index (χ3v) is 4.54. The first kappa shape index (κ1) is 18.9. The van der Waals surface area contributed by atoms with Gasteiger partial charge in [0.2, 0.25) is 0 Å². The molecule has 0 atom stereocenters. The largest absolute Gasteiger partial charge is 0.494 e. The Kier molecular flexibility index (Phi) is 6.82. The highest BCUT2D eigenvalue weighted by molar-refractivity contribution is 7.14. The van der Waals surface area contributed by atoms with Crippen LogP contribution in [0.2, 0.25) is 0 Å². The number of para-hydroxylation sites is 1. The van der Waals surface area contributed by atoms with Crippen molar-refractivity contribution in [2.24, 2.45) is 0 Å². The highest BCUT2D eigenvalue weighted by Crippen LogP contribution is 2.26. The third-order valence-electron chi connectivity index (χ3n) is 3.78. The number of aromatic nitrogens is 1. The molecule has 5 nitrogen and oxygen atoms in total. The maximum atomic E-state index is 12.0. The number of ether oxygens (including phenoxy) is 2. The van der Waals surface area contributed by atoms with E-state index in [4.69, 9.17) is 9.47 Å². The molecule has 0 saturated heterocycles. The van der Waals surface area contributed by atoms with Crippen molar-refractivity contribution in [2.75, 3.05) is 18.5 Å². The molecule has 0 aliphatic heterocycles. The van der Waals surface area contributed by atoms with E-state index in [0.717, 1.165) is 36.5 Å². The number of unbranched alkanes of at least 4 members (excludes halogenated alkanes) is 1. The van der Waals surface area contributed by atoms with Gasteiger partial charge in [0, 0.05) is 10.9 Å². The molecule has 0 bridgehead atoms. The molecule has 0 radical (unpaired) electrons. The minimum Gasteiger partial charge on any atom is -0.494 e. The van der Waals surface area contributed by atoms with Crippen molar-refractivity contribution in [3.63, 3.8) is 0 Å². The maximum Gasteiger partial charge on any atom is 0.264 e. The molecule has 0 saturated carbocycles. The molecule has 1 heterocycles. The maximum absolute atomic E-state index is 12.0. The molecule has 3 rings (SSSR count). The zero-order chi connectivity index (χ0) is 18.9. The topological polar surface area (TPSA) is 60.5 Å². The molecule has 1 aromatic heterocycles. The molecule has 1 N–H and O–H groups in total. The molecular formula is C21H22N2O3S. The smallest absolute Gasteiger partial charge is 0.264 e. The second-order valence-corrected chi connectivity index (χ2v) is 6.77. The van der Waals surface area contributed by atoms with Crippen molar-refractivity contribution in [3.8, 4) is 22.8 Å². The standard InChI is InChI=1S/C21H22N2O3S/c1-2-3-13-25-18-11-9-16(10-12-18)19-15-27-21(22-19)23-20(24)14-26-17-7-5-4-6-8-17/h4-12,15H,2-3,13-14H2,1H3,(H,22,23,24). The predicted molar refractivity (Wildman–Crippen MR) is 109 cm³/mol. The van der Waals surface area contributed by atoms with Crippen LogP contribution in [-0.4, -0.2) is 24.1 Å². The zero-order valence-corrected chi connectivity index (χ0v) is 16.0. The second-order valence-electron chi connectivity index (χ2n) is 5.91. The fraction of sp³-hybridized carbons (Fsp3) is 0.238. The summed E-state index contributed by atoms with van der Waals surface area (Å²) in [4.78, 5) is 16.5. The van der Waals surface area contributed by atoms with Crippen molar-refractivity contribution >= 4 is 22.4 Å². The average Bonchev–Trinajstić information content (AvgIpc) is 3.16. The normalized spacial score (nSPS) is 10.4. The molecule has 0 spiro atoms. The van der Waals surface area contributed by atoms with Crippen LogP contribution in [0.3, 0.4) is 0 Å². The van der Waals surface area contributed by atoms with Crippen LogP contribution < -0.4 is 14.8 Å². The number of carbonyl (C=O) groups excluding carboxylic acids is 1. The van der Waals surface area contributed by atoms with E-state index in [1.165, 1.54) is 11.3 Å². The molecule has 0 aliphatic rings. The summed E-state index contributed by atoms with van der Waals surface area (Å²) in [5.41, 5.74) is 1.80. The summed E-state index contributed by atoms with van der Waals surface area (Å²) in [6.07, 6.45) is 2.16. The molecule has 6 heteroatoms. The van der Waals surface area contributed by atoms with E-state index in [-0.39, 0.29) is 12.5 Å². The summed E-state index contributed by atoms with van der Waals surface area (Å²) in [6, 6.07) is 17.1. The van der Waals surface area contributed by atoms with Gasteiger partial charge in [-0.25, -0.2) is 4.98 Å². The Morgan fingerprint density at radius 2 is 1.78 bits per heavy atom. The lowest BCUT2D eigenvalue weighted by atomic mass is 10.2. The number of hydrogen-bond donors (Lipinski definition) is 1. The third kappa shape index (κ3) is 5.82. The number of thiazole rings is 1. The molecule has 140 valence electrons. The van der Waals surface area contributed by atoms with Crippen molar-refractivity contribution in [3.05, 3.63) is 60.0 Å². The van der Waals surface area contributed by atoms with Gasteiger partial charge >= 0.3 is 0 Å². The number of amides is 1. The Bertz CT molecular complexity index is 847. The molecule has 1 amide bonds. The lowest BCUT2D eigenvalue weighted by molar-refractivity contribution is -0.118. The summed E-state index contributed by atoms with van der Waals surface area (Å²) in [5.74, 6) is 1.28. The van der Waals surface area contributed by atoms with Crippen LogP contribution in [0.1, 0.15) is 19.8 Å². The number of rotatable bonds is 9. The number of nitrogens with one attached hydrogen (secondary N) is 1. The molecule has 0 unspecified atom stereocenters. The second kappa shape index (κ2) is 9.73. The van der Waals surface area contributed by atoms with Gasteiger partial charge in [0.15, 0.2) is 11.7 Å². The van der Waals surface area contributed by atoms with Gasteiger partial charge in [-0.1, -0.05) is 31.5 Å². The average molecular weight is 382 g/mol. The van der Waals surface area contributed by atoms with Gasteiger partial charge in [-0.3, -0.25) is 10.1 Å². The van der Waals surface area contributed by atoms with Crippen molar-refractivity contribution < 1.29 is 14.3 Å². The molecule has 3 aromatic rings. The van der Waals surface area contributed by atoms with Gasteiger partial charge in [-0.05, 0) is 42.8 Å². The minimum atomic E-state index is -0.237. The predicted octanol–water partition coefficient (Wildman–Crippen LogP) is 5.01. The number of benzene rings is 2. The molecule has 0 fully saturated rings. The van der Waals surface area contributed by atoms with Gasteiger partial charge in [0.25, 0.3) is 5.91 Å². The van der Waals surface area contributed by atoms with Gasteiger partial charge in [-0.15, -0.1) is 11.3 Å². The van der Waals surface area contributed by atoms with Crippen LogP contribution in [0.25, 0.3) is 11.3 Å². The number of nitrogens with zero attached hydrogens (tertiary/aromatic N) is 1. The summed E-state index contributed by atoms with van der Waals surface area (Å²) in [6.45, 7) is 2.81. The molecule has 2 aromatic carbocycles. The van der Waals surface area contributed by atoms with Gasteiger partial charge in [0.1, 0.15) is 11.5 Å². The van der Waals surface area contributed by atoms with E-state index in [9.17, 15) is 4.79 Å². The van der Waals surface area contributed by atoms with E-state index in [1.807, 2.05) is 60.0 Å². The number of hydrogen-bond acceptors (Lipinski definition) is 5. The Balaban J connectivity index is 1.52. The van der Waals surface area contributed by atoms with Crippen LogP contribution in [0.5, 0.6) is 11.5 Å². The van der Waals surface area contributed by atoms with Crippen molar-refractivity contribution in [1.29, 1.82) is 0 Å². The first-order chi connectivity index (χ1) is 13.2. The van der Waals surface area contributed by atoms with Gasteiger partial charge in [0.05, 0.1) is 12.3 Å². The van der Waals surface area contributed by atoms with Gasteiger partial charge < -0.3 is 9.47 Å². The van der Waals surface area contributed by atoms with Crippen LogP contribution in [0.15, 0.2) is 60.0 Å². The van der Waals surface area contributed by atoms with Crippen LogP contribution in [0.4, 0.5) is 5.13 Å².